The maximum atomic E-state index is 8.86. The average Bonchev–Trinajstić information content (AvgIpc) is 2.14. The quantitative estimate of drug-likeness (QED) is 0.709. The van der Waals surface area contributed by atoms with Crippen LogP contribution in [0.4, 0.5) is 0 Å². The number of ether oxygens (including phenoxy) is 1. The van der Waals surface area contributed by atoms with E-state index in [-0.39, 0.29) is 12.7 Å². The fraction of sp³-hybridized carbons (Fsp3) is 0.400. The molecule has 1 N–H and O–H groups in total. The highest BCUT2D eigenvalue weighted by molar-refractivity contribution is 6.31. The molecule has 0 aliphatic heterocycles. The molecule has 13 heavy (non-hydrogen) atoms. The van der Waals surface area contributed by atoms with Crippen LogP contribution >= 0.6 is 11.6 Å². The Hall–Kier alpha value is -0.730. The van der Waals surface area contributed by atoms with Gasteiger partial charge < -0.3 is 9.84 Å². The average molecular weight is 201 g/mol. The van der Waals surface area contributed by atoms with Crippen molar-refractivity contribution in [3.8, 4) is 0 Å². The zero-order valence-corrected chi connectivity index (χ0v) is 8.29. The van der Waals surface area contributed by atoms with Gasteiger partial charge in [-0.1, -0.05) is 17.7 Å². The van der Waals surface area contributed by atoms with E-state index >= 15 is 0 Å². The maximum Gasteiger partial charge on any atom is 0.122 e. The second kappa shape index (κ2) is 5.10. The molecule has 72 valence electrons. The van der Waals surface area contributed by atoms with Crippen LogP contribution in [-0.2, 0) is 4.74 Å². The molecule has 0 spiro atoms. The molecule has 1 aliphatic rings. The monoisotopic (exact) mass is 200 g/mol. The number of aliphatic hydroxyl groups excluding tert-OH is 1. The normalized spacial score (nSPS) is 22.8. The number of allylic oxidation sites excluding steroid dienone is 3. The fourth-order valence-corrected chi connectivity index (χ4v) is 1.32. The Bertz CT molecular complexity index is 254. The molecule has 0 amide bonds. The summed E-state index contributed by atoms with van der Waals surface area (Å²) in [5.74, 6) is 0.584. The van der Waals surface area contributed by atoms with E-state index in [1.807, 2.05) is 25.2 Å². The van der Waals surface area contributed by atoms with Crippen molar-refractivity contribution < 1.29 is 9.84 Å². The fourth-order valence-electron chi connectivity index (χ4n) is 1.09. The Morgan fingerprint density at radius 3 is 3.15 bits per heavy atom. The highest BCUT2D eigenvalue weighted by Crippen LogP contribution is 2.18. The third-order valence-electron chi connectivity index (χ3n) is 1.77. The molecular formula is C10H13ClO2. The first kappa shape index (κ1) is 10.4. The smallest absolute Gasteiger partial charge is 0.122 e. The Kier molecular flexibility index (Phi) is 4.06. The van der Waals surface area contributed by atoms with Crippen LogP contribution in [0.1, 0.15) is 13.3 Å². The van der Waals surface area contributed by atoms with Crippen molar-refractivity contribution in [2.45, 2.75) is 19.4 Å². The summed E-state index contributed by atoms with van der Waals surface area (Å²) in [5.41, 5.74) is 0. The molecule has 0 saturated heterocycles. The van der Waals surface area contributed by atoms with Gasteiger partial charge in [-0.05, 0) is 25.2 Å². The molecule has 2 nitrogen and oxygen atoms in total. The Morgan fingerprint density at radius 1 is 1.85 bits per heavy atom. The molecule has 0 saturated carbocycles. The van der Waals surface area contributed by atoms with Gasteiger partial charge in [0.1, 0.15) is 18.5 Å². The predicted molar refractivity (Wildman–Crippen MR) is 53.4 cm³/mol. The molecule has 1 unspecified atom stereocenters. The van der Waals surface area contributed by atoms with Crippen LogP contribution in [0.5, 0.6) is 0 Å². The van der Waals surface area contributed by atoms with E-state index in [4.69, 9.17) is 21.4 Å². The van der Waals surface area contributed by atoms with E-state index in [0.717, 1.165) is 6.42 Å². The van der Waals surface area contributed by atoms with E-state index in [2.05, 4.69) is 0 Å². The van der Waals surface area contributed by atoms with Crippen LogP contribution in [0, 0.1) is 0 Å². The SMILES string of the molecule is C/C=C(/CO)OC1C=C(Cl)C=CC1. The number of rotatable bonds is 3. The molecule has 0 bridgehead atoms. The van der Waals surface area contributed by atoms with Crippen molar-refractivity contribution in [3.05, 3.63) is 35.1 Å². The van der Waals surface area contributed by atoms with Crippen molar-refractivity contribution in [3.63, 3.8) is 0 Å². The first-order valence-electron chi connectivity index (χ1n) is 4.23. The molecular weight excluding hydrogens is 188 g/mol. The summed E-state index contributed by atoms with van der Waals surface area (Å²) >= 11 is 5.79. The highest BCUT2D eigenvalue weighted by Gasteiger charge is 2.10. The Labute approximate surface area is 83.2 Å². The lowest BCUT2D eigenvalue weighted by Gasteiger charge is -2.17. The predicted octanol–water partition coefficient (Wildman–Crippen LogP) is 2.35. The van der Waals surface area contributed by atoms with Gasteiger partial charge in [0.15, 0.2) is 0 Å². The second-order valence-electron chi connectivity index (χ2n) is 2.76. The van der Waals surface area contributed by atoms with Gasteiger partial charge in [-0.3, -0.25) is 0 Å². The number of hydrogen-bond donors (Lipinski definition) is 1. The molecule has 0 aromatic carbocycles. The van der Waals surface area contributed by atoms with E-state index in [0.29, 0.717) is 10.8 Å². The van der Waals surface area contributed by atoms with Crippen LogP contribution in [-0.4, -0.2) is 17.8 Å². The van der Waals surface area contributed by atoms with Gasteiger partial charge in [0, 0.05) is 11.5 Å². The second-order valence-corrected chi connectivity index (χ2v) is 3.20. The summed E-state index contributed by atoms with van der Waals surface area (Å²) in [4.78, 5) is 0. The third-order valence-corrected chi connectivity index (χ3v) is 2.02. The summed E-state index contributed by atoms with van der Waals surface area (Å²) in [6, 6.07) is 0. The molecule has 0 radical (unpaired) electrons. The maximum absolute atomic E-state index is 8.86. The summed E-state index contributed by atoms with van der Waals surface area (Å²) in [6.07, 6.45) is 8.14. The van der Waals surface area contributed by atoms with E-state index < -0.39 is 0 Å². The summed E-state index contributed by atoms with van der Waals surface area (Å²) in [7, 11) is 0. The minimum Gasteiger partial charge on any atom is -0.488 e. The first-order valence-corrected chi connectivity index (χ1v) is 4.60. The van der Waals surface area contributed by atoms with Crippen molar-refractivity contribution in [2.24, 2.45) is 0 Å². The van der Waals surface area contributed by atoms with E-state index in [1.165, 1.54) is 0 Å². The van der Waals surface area contributed by atoms with Gasteiger partial charge in [0.2, 0.25) is 0 Å². The molecule has 0 aromatic heterocycles. The Balaban J connectivity index is 2.51. The molecule has 3 heteroatoms. The van der Waals surface area contributed by atoms with E-state index in [1.54, 1.807) is 6.08 Å². The summed E-state index contributed by atoms with van der Waals surface area (Å²) in [5, 5.41) is 9.54. The highest BCUT2D eigenvalue weighted by atomic mass is 35.5. The Morgan fingerprint density at radius 2 is 2.62 bits per heavy atom. The lowest BCUT2D eigenvalue weighted by molar-refractivity contribution is 0.119. The minimum absolute atomic E-state index is 0.0455. The number of hydrogen-bond acceptors (Lipinski definition) is 2. The van der Waals surface area contributed by atoms with Crippen LogP contribution in [0.2, 0.25) is 0 Å². The first-order chi connectivity index (χ1) is 6.26. The van der Waals surface area contributed by atoms with Crippen LogP contribution in [0.15, 0.2) is 35.1 Å². The molecule has 1 rings (SSSR count). The van der Waals surface area contributed by atoms with Gasteiger partial charge in [0.05, 0.1) is 0 Å². The van der Waals surface area contributed by atoms with Gasteiger partial charge >= 0.3 is 0 Å². The van der Waals surface area contributed by atoms with Crippen molar-refractivity contribution >= 4 is 11.6 Å². The van der Waals surface area contributed by atoms with E-state index in [9.17, 15) is 0 Å². The lowest BCUT2D eigenvalue weighted by Crippen LogP contribution is -2.12. The number of aliphatic hydroxyl groups is 1. The topological polar surface area (TPSA) is 29.5 Å². The molecule has 1 atom stereocenters. The number of halogens is 1. The van der Waals surface area contributed by atoms with Gasteiger partial charge in [0.25, 0.3) is 0 Å². The zero-order chi connectivity index (χ0) is 9.68. The zero-order valence-electron chi connectivity index (χ0n) is 7.53. The summed E-state index contributed by atoms with van der Waals surface area (Å²) < 4.78 is 5.46. The molecule has 0 heterocycles. The van der Waals surface area contributed by atoms with Gasteiger partial charge in [-0.2, -0.15) is 0 Å². The van der Waals surface area contributed by atoms with Crippen LogP contribution in [0.25, 0.3) is 0 Å². The van der Waals surface area contributed by atoms with Gasteiger partial charge in [-0.25, -0.2) is 0 Å². The molecule has 1 aliphatic carbocycles. The van der Waals surface area contributed by atoms with Gasteiger partial charge in [-0.15, -0.1) is 0 Å². The van der Waals surface area contributed by atoms with Crippen LogP contribution < -0.4 is 0 Å². The van der Waals surface area contributed by atoms with Crippen molar-refractivity contribution in [2.75, 3.05) is 6.61 Å². The molecule has 0 aromatic rings. The lowest BCUT2D eigenvalue weighted by atomic mass is 10.1. The summed E-state index contributed by atoms with van der Waals surface area (Å²) in [6.45, 7) is 1.76. The van der Waals surface area contributed by atoms with Crippen LogP contribution in [0.3, 0.4) is 0 Å². The largest absolute Gasteiger partial charge is 0.488 e. The molecule has 0 fully saturated rings. The third kappa shape index (κ3) is 3.25. The standard InChI is InChI=1S/C10H13ClO2/c1-2-9(7-12)13-10-5-3-4-8(11)6-10/h2-4,6,10,12H,5,7H2,1H3/b9-2-. The van der Waals surface area contributed by atoms with Crippen molar-refractivity contribution in [1.29, 1.82) is 0 Å². The van der Waals surface area contributed by atoms with Crippen molar-refractivity contribution in [1.82, 2.24) is 0 Å². The minimum atomic E-state index is -0.0673.